The predicted molar refractivity (Wildman–Crippen MR) is 105 cm³/mol. The number of carbonyl (C=O) groups is 1. The first-order valence-electron chi connectivity index (χ1n) is 9.31. The summed E-state index contributed by atoms with van der Waals surface area (Å²) in [5.74, 6) is -0.217. The Morgan fingerprint density at radius 3 is 2.47 bits per heavy atom. The highest BCUT2D eigenvalue weighted by Gasteiger charge is 2.26. The van der Waals surface area contributed by atoms with Crippen LogP contribution >= 0.6 is 0 Å². The highest BCUT2D eigenvalue weighted by Crippen LogP contribution is 2.28. The third-order valence-electron chi connectivity index (χ3n) is 4.88. The maximum absolute atomic E-state index is 13.0. The van der Waals surface area contributed by atoms with Crippen molar-refractivity contribution in [1.82, 2.24) is 25.1 Å². The maximum Gasteiger partial charge on any atom is 0.292 e. The fraction of sp³-hybridized carbons (Fsp3) is 0.263. The van der Waals surface area contributed by atoms with E-state index in [-0.39, 0.29) is 24.0 Å². The summed E-state index contributed by atoms with van der Waals surface area (Å²) in [6, 6.07) is 12.3. The molecule has 2 aromatic carbocycles. The number of halogens is 1. The second-order valence-electron chi connectivity index (χ2n) is 6.76. The normalized spacial score (nSPS) is 14.0. The molecule has 0 unspecified atom stereocenters. The van der Waals surface area contributed by atoms with Crippen LogP contribution in [0.1, 0.15) is 0 Å². The van der Waals surface area contributed by atoms with E-state index < -0.39 is 4.92 Å². The van der Waals surface area contributed by atoms with Crippen LogP contribution in [0.15, 0.2) is 48.5 Å². The van der Waals surface area contributed by atoms with Crippen LogP contribution in [0.5, 0.6) is 0 Å². The molecule has 1 saturated heterocycles. The zero-order valence-corrected chi connectivity index (χ0v) is 15.9. The minimum absolute atomic E-state index is 0.0532. The van der Waals surface area contributed by atoms with E-state index >= 15 is 0 Å². The molecule has 1 fully saturated rings. The van der Waals surface area contributed by atoms with Crippen molar-refractivity contribution in [3.05, 3.63) is 64.5 Å². The number of anilines is 1. The Hall–Kier alpha value is -3.89. The van der Waals surface area contributed by atoms with E-state index in [0.717, 1.165) is 0 Å². The van der Waals surface area contributed by atoms with Crippen LogP contribution in [0.25, 0.3) is 11.4 Å². The second kappa shape index (κ2) is 8.23. The molecule has 1 aliphatic rings. The topological polar surface area (TPSA) is 110 Å². The number of amides is 1. The van der Waals surface area contributed by atoms with E-state index in [1.807, 2.05) is 4.90 Å². The number of tetrazole rings is 1. The van der Waals surface area contributed by atoms with Gasteiger partial charge in [0.2, 0.25) is 11.7 Å². The van der Waals surface area contributed by atoms with Crippen LogP contribution in [0, 0.1) is 15.9 Å². The van der Waals surface area contributed by atoms with Crippen LogP contribution in [0.4, 0.5) is 15.8 Å². The fourth-order valence-electron chi connectivity index (χ4n) is 3.33. The predicted octanol–water partition coefficient (Wildman–Crippen LogP) is 1.74. The lowest BCUT2D eigenvalue weighted by Gasteiger charge is -2.35. The number of piperazine rings is 1. The van der Waals surface area contributed by atoms with Crippen molar-refractivity contribution in [3.8, 4) is 11.4 Å². The third kappa shape index (κ3) is 4.09. The lowest BCUT2D eigenvalue weighted by atomic mass is 10.2. The van der Waals surface area contributed by atoms with Gasteiger partial charge in [-0.15, -0.1) is 10.2 Å². The molecule has 154 valence electrons. The Balaban J connectivity index is 1.36. The maximum atomic E-state index is 13.0. The molecule has 0 saturated carbocycles. The Morgan fingerprint density at radius 2 is 1.77 bits per heavy atom. The van der Waals surface area contributed by atoms with Crippen molar-refractivity contribution in [2.24, 2.45) is 0 Å². The Bertz CT molecular complexity index is 1060. The zero-order valence-electron chi connectivity index (χ0n) is 15.9. The molecule has 10 nitrogen and oxygen atoms in total. The van der Waals surface area contributed by atoms with Gasteiger partial charge in [0.1, 0.15) is 18.0 Å². The number of nitro groups is 1. The first-order valence-corrected chi connectivity index (χ1v) is 9.31. The molecule has 0 bridgehead atoms. The molecule has 0 atom stereocenters. The number of carbonyl (C=O) groups excluding carboxylic acids is 1. The number of para-hydroxylation sites is 2. The molecule has 0 spiro atoms. The second-order valence-corrected chi connectivity index (χ2v) is 6.76. The van der Waals surface area contributed by atoms with Gasteiger partial charge in [-0.25, -0.2) is 4.39 Å². The van der Waals surface area contributed by atoms with E-state index in [2.05, 4.69) is 15.4 Å². The zero-order chi connectivity index (χ0) is 21.1. The van der Waals surface area contributed by atoms with Gasteiger partial charge in [-0.3, -0.25) is 14.9 Å². The molecule has 4 rings (SSSR count). The number of hydrogen-bond donors (Lipinski definition) is 0. The molecule has 0 N–H and O–H groups in total. The van der Waals surface area contributed by atoms with Crippen LogP contribution in [0.2, 0.25) is 0 Å². The van der Waals surface area contributed by atoms with Crippen molar-refractivity contribution in [3.63, 3.8) is 0 Å². The molecular weight excluding hydrogens is 393 g/mol. The minimum Gasteiger partial charge on any atom is -0.362 e. The number of aromatic nitrogens is 4. The average Bonchev–Trinajstić information content (AvgIpc) is 3.22. The van der Waals surface area contributed by atoms with E-state index in [4.69, 9.17) is 0 Å². The standard InChI is InChI=1S/C19H18FN7O3/c20-15-7-5-14(6-8-15)19-21-23-26(22-19)13-18(28)25-11-9-24(10-12-25)16-3-1-2-4-17(16)27(29)30/h1-8H,9-13H2. The van der Waals surface area contributed by atoms with Gasteiger partial charge >= 0.3 is 0 Å². The van der Waals surface area contributed by atoms with Crippen LogP contribution < -0.4 is 4.90 Å². The Labute approximate surface area is 170 Å². The van der Waals surface area contributed by atoms with Gasteiger partial charge in [-0.1, -0.05) is 12.1 Å². The monoisotopic (exact) mass is 411 g/mol. The molecule has 1 amide bonds. The van der Waals surface area contributed by atoms with Crippen molar-refractivity contribution in [1.29, 1.82) is 0 Å². The molecule has 2 heterocycles. The molecule has 1 aromatic heterocycles. The van der Waals surface area contributed by atoms with Crippen LogP contribution in [-0.4, -0.2) is 62.1 Å². The summed E-state index contributed by atoms with van der Waals surface area (Å²) >= 11 is 0. The van der Waals surface area contributed by atoms with E-state index in [0.29, 0.717) is 43.3 Å². The average molecular weight is 411 g/mol. The van der Waals surface area contributed by atoms with Gasteiger partial charge in [0.05, 0.1) is 4.92 Å². The number of benzene rings is 2. The highest BCUT2D eigenvalue weighted by atomic mass is 19.1. The van der Waals surface area contributed by atoms with Crippen LogP contribution in [-0.2, 0) is 11.3 Å². The van der Waals surface area contributed by atoms with Crippen molar-refractivity contribution in [2.45, 2.75) is 6.54 Å². The van der Waals surface area contributed by atoms with E-state index in [1.54, 1.807) is 35.2 Å². The summed E-state index contributed by atoms with van der Waals surface area (Å²) < 4.78 is 13.0. The number of nitro benzene ring substituents is 1. The first-order chi connectivity index (χ1) is 14.5. The lowest BCUT2D eigenvalue weighted by Crippen LogP contribution is -2.49. The summed E-state index contributed by atoms with van der Waals surface area (Å²) in [4.78, 5) is 28.2. The van der Waals surface area contributed by atoms with Gasteiger partial charge < -0.3 is 9.80 Å². The molecule has 0 radical (unpaired) electrons. The van der Waals surface area contributed by atoms with E-state index in [9.17, 15) is 19.3 Å². The minimum atomic E-state index is -0.401. The van der Waals surface area contributed by atoms with Crippen molar-refractivity contribution in [2.75, 3.05) is 31.1 Å². The van der Waals surface area contributed by atoms with Crippen molar-refractivity contribution >= 4 is 17.3 Å². The summed E-state index contributed by atoms with van der Waals surface area (Å²) in [5.41, 5.74) is 1.21. The number of nitrogens with zero attached hydrogens (tertiary/aromatic N) is 7. The Kier molecular flexibility index (Phi) is 5.33. The number of rotatable bonds is 5. The van der Waals surface area contributed by atoms with Crippen LogP contribution in [0.3, 0.4) is 0 Å². The summed E-state index contributed by atoms with van der Waals surface area (Å²) in [5, 5.41) is 23.2. The number of hydrogen-bond acceptors (Lipinski definition) is 7. The quantitative estimate of drug-likeness (QED) is 0.464. The molecule has 11 heteroatoms. The largest absolute Gasteiger partial charge is 0.362 e. The molecular formula is C19H18FN7O3. The Morgan fingerprint density at radius 1 is 1.07 bits per heavy atom. The molecule has 3 aromatic rings. The molecule has 1 aliphatic heterocycles. The molecule has 0 aliphatic carbocycles. The fourth-order valence-corrected chi connectivity index (χ4v) is 3.33. The molecule has 30 heavy (non-hydrogen) atoms. The SMILES string of the molecule is O=C(Cn1nnc(-c2ccc(F)cc2)n1)N1CCN(c2ccccc2[N+](=O)[O-])CC1. The van der Waals surface area contributed by atoms with Gasteiger partial charge in [0.25, 0.3) is 5.69 Å². The lowest BCUT2D eigenvalue weighted by molar-refractivity contribution is -0.384. The summed E-state index contributed by atoms with van der Waals surface area (Å²) in [6.45, 7) is 1.78. The van der Waals surface area contributed by atoms with Crippen molar-refractivity contribution < 1.29 is 14.1 Å². The van der Waals surface area contributed by atoms with Gasteiger partial charge in [0, 0.05) is 37.8 Å². The highest BCUT2D eigenvalue weighted by molar-refractivity contribution is 5.76. The smallest absolute Gasteiger partial charge is 0.292 e. The summed E-state index contributed by atoms with van der Waals surface area (Å²) in [7, 11) is 0. The van der Waals surface area contributed by atoms with Gasteiger partial charge in [-0.2, -0.15) is 4.80 Å². The first kappa shape index (κ1) is 19.4. The van der Waals surface area contributed by atoms with E-state index in [1.165, 1.54) is 23.0 Å². The summed E-state index contributed by atoms with van der Waals surface area (Å²) in [6.07, 6.45) is 0. The third-order valence-corrected chi connectivity index (χ3v) is 4.88. The van der Waals surface area contributed by atoms with Gasteiger partial charge in [-0.05, 0) is 35.5 Å². The van der Waals surface area contributed by atoms with Gasteiger partial charge in [0.15, 0.2) is 0 Å².